The van der Waals surface area contributed by atoms with Gasteiger partial charge in [0.2, 0.25) is 0 Å². The monoisotopic (exact) mass is 320 g/mol. The van der Waals surface area contributed by atoms with E-state index < -0.39 is 0 Å². The van der Waals surface area contributed by atoms with Gasteiger partial charge in [-0.15, -0.1) is 0 Å². The topological polar surface area (TPSA) is 43.6 Å². The number of ether oxygens (including phenoxy) is 1. The Morgan fingerprint density at radius 1 is 1.36 bits per heavy atom. The van der Waals surface area contributed by atoms with Gasteiger partial charge in [-0.1, -0.05) is 31.3 Å². The Labute approximate surface area is 135 Å². The van der Waals surface area contributed by atoms with Crippen LogP contribution < -0.4 is 4.80 Å². The highest BCUT2D eigenvalue weighted by molar-refractivity contribution is 7.16. The average Bonchev–Trinajstić information content (AvgIpc) is 2.76. The summed E-state index contributed by atoms with van der Waals surface area (Å²) in [6.45, 7) is 12.0. The molecule has 0 aliphatic carbocycles. The molecule has 0 N–H and O–H groups in total. The van der Waals surface area contributed by atoms with Gasteiger partial charge in [0.15, 0.2) is 4.80 Å². The van der Waals surface area contributed by atoms with Gasteiger partial charge >= 0.3 is 0 Å². The summed E-state index contributed by atoms with van der Waals surface area (Å²) in [5, 5.41) is 0. The zero-order chi connectivity index (χ0) is 16.3. The van der Waals surface area contributed by atoms with Crippen molar-refractivity contribution in [2.45, 2.75) is 41.2 Å². The maximum absolute atomic E-state index is 12.0. The lowest BCUT2D eigenvalue weighted by Gasteiger charge is -2.08. The van der Waals surface area contributed by atoms with Crippen LogP contribution in [0.2, 0.25) is 0 Å². The first-order valence-corrected chi connectivity index (χ1v) is 8.52. The number of aromatic nitrogens is 1. The van der Waals surface area contributed by atoms with Gasteiger partial charge in [-0.05, 0) is 38.0 Å². The van der Waals surface area contributed by atoms with E-state index in [2.05, 4.69) is 35.5 Å². The third-order valence-electron chi connectivity index (χ3n) is 3.48. The lowest BCUT2D eigenvalue weighted by molar-refractivity contribution is -0.120. The summed E-state index contributed by atoms with van der Waals surface area (Å²) in [5.74, 6) is -0.167. The molecule has 0 fully saturated rings. The second-order valence-corrected chi connectivity index (χ2v) is 6.78. The lowest BCUT2D eigenvalue weighted by Crippen LogP contribution is -2.21. The molecule has 22 heavy (non-hydrogen) atoms. The van der Waals surface area contributed by atoms with E-state index in [-0.39, 0.29) is 11.8 Å². The fraction of sp³-hybridized carbons (Fsp3) is 0.529. The molecule has 0 spiro atoms. The van der Waals surface area contributed by atoms with Crippen LogP contribution in [0.15, 0.2) is 17.1 Å². The molecule has 0 unspecified atom stereocenters. The molecule has 120 valence electrons. The van der Waals surface area contributed by atoms with Gasteiger partial charge in [0, 0.05) is 19.1 Å². The third-order valence-corrected chi connectivity index (χ3v) is 4.50. The molecule has 1 aromatic carbocycles. The summed E-state index contributed by atoms with van der Waals surface area (Å²) >= 11 is 1.58. The number of aryl methyl sites for hydroxylation is 2. The predicted octanol–water partition coefficient (Wildman–Crippen LogP) is 3.44. The van der Waals surface area contributed by atoms with Crippen LogP contribution in [0.4, 0.5) is 0 Å². The van der Waals surface area contributed by atoms with Crippen LogP contribution >= 0.6 is 11.3 Å². The lowest BCUT2D eigenvalue weighted by atomic mass is 10.1. The number of hydrogen-bond acceptors (Lipinski definition) is 3. The molecule has 0 radical (unpaired) electrons. The molecule has 5 heteroatoms. The van der Waals surface area contributed by atoms with Crippen molar-refractivity contribution in [2.24, 2.45) is 10.9 Å². The van der Waals surface area contributed by atoms with Crippen LogP contribution in [-0.2, 0) is 16.1 Å². The van der Waals surface area contributed by atoms with Crippen LogP contribution in [0.3, 0.4) is 0 Å². The summed E-state index contributed by atoms with van der Waals surface area (Å²) in [4.78, 5) is 17.1. The maximum Gasteiger partial charge on any atom is 0.250 e. The first-order chi connectivity index (χ1) is 10.4. The van der Waals surface area contributed by atoms with E-state index in [0.29, 0.717) is 19.8 Å². The highest BCUT2D eigenvalue weighted by Gasteiger charge is 2.12. The molecule has 0 saturated heterocycles. The van der Waals surface area contributed by atoms with Gasteiger partial charge < -0.3 is 9.30 Å². The summed E-state index contributed by atoms with van der Waals surface area (Å²) in [6, 6.07) is 4.32. The molecule has 1 amide bonds. The fourth-order valence-electron chi connectivity index (χ4n) is 2.41. The van der Waals surface area contributed by atoms with Crippen molar-refractivity contribution in [3.8, 4) is 0 Å². The summed E-state index contributed by atoms with van der Waals surface area (Å²) < 4.78 is 8.77. The average molecular weight is 320 g/mol. The van der Waals surface area contributed by atoms with Crippen LogP contribution in [0, 0.1) is 19.8 Å². The summed E-state index contributed by atoms with van der Waals surface area (Å²) in [7, 11) is 0. The zero-order valence-corrected chi connectivity index (χ0v) is 14.8. The molecule has 4 nitrogen and oxygen atoms in total. The fourth-order valence-corrected chi connectivity index (χ4v) is 3.65. The van der Waals surface area contributed by atoms with E-state index in [4.69, 9.17) is 4.74 Å². The number of thiazole rings is 1. The Bertz CT molecular complexity index is 741. The van der Waals surface area contributed by atoms with E-state index >= 15 is 0 Å². The van der Waals surface area contributed by atoms with Gasteiger partial charge in [0.1, 0.15) is 0 Å². The smallest absolute Gasteiger partial charge is 0.250 e. The van der Waals surface area contributed by atoms with E-state index in [1.54, 1.807) is 11.3 Å². The van der Waals surface area contributed by atoms with Crippen LogP contribution in [0.5, 0.6) is 0 Å². The van der Waals surface area contributed by atoms with Crippen molar-refractivity contribution in [3.63, 3.8) is 0 Å². The number of carbonyl (C=O) groups excluding carboxylic acids is 1. The minimum atomic E-state index is -0.0895. The number of rotatable bonds is 5. The van der Waals surface area contributed by atoms with E-state index in [9.17, 15) is 4.79 Å². The van der Waals surface area contributed by atoms with Gasteiger partial charge in [0.25, 0.3) is 5.91 Å². The Morgan fingerprint density at radius 2 is 2.09 bits per heavy atom. The highest BCUT2D eigenvalue weighted by Crippen LogP contribution is 2.23. The van der Waals surface area contributed by atoms with Gasteiger partial charge in [-0.3, -0.25) is 4.79 Å². The molecule has 0 aliphatic rings. The van der Waals surface area contributed by atoms with Crippen molar-refractivity contribution in [1.82, 2.24) is 4.57 Å². The molecule has 1 heterocycles. The number of nitrogens with zero attached hydrogens (tertiary/aromatic N) is 2. The summed E-state index contributed by atoms with van der Waals surface area (Å²) in [5.41, 5.74) is 3.59. The second-order valence-electron chi connectivity index (χ2n) is 5.77. The van der Waals surface area contributed by atoms with Crippen molar-refractivity contribution in [1.29, 1.82) is 0 Å². The highest BCUT2D eigenvalue weighted by atomic mass is 32.1. The molecule has 0 bridgehead atoms. The van der Waals surface area contributed by atoms with E-state index in [0.717, 1.165) is 10.3 Å². The van der Waals surface area contributed by atoms with Crippen molar-refractivity contribution < 1.29 is 9.53 Å². The number of amides is 1. The Balaban J connectivity index is 2.61. The van der Waals surface area contributed by atoms with Crippen molar-refractivity contribution in [2.75, 3.05) is 13.2 Å². The van der Waals surface area contributed by atoms with E-state index in [1.807, 2.05) is 20.8 Å². The molecule has 1 aromatic heterocycles. The second kappa shape index (κ2) is 7.20. The first kappa shape index (κ1) is 16.9. The van der Waals surface area contributed by atoms with Crippen LogP contribution in [0.25, 0.3) is 10.2 Å². The van der Waals surface area contributed by atoms with Crippen LogP contribution in [0.1, 0.15) is 31.9 Å². The van der Waals surface area contributed by atoms with Gasteiger partial charge in [-0.2, -0.15) is 4.99 Å². The molecule has 0 saturated carbocycles. The molecule has 2 rings (SSSR count). The molecule has 0 aliphatic heterocycles. The Kier molecular flexibility index (Phi) is 5.53. The number of hydrogen-bond donors (Lipinski definition) is 0. The van der Waals surface area contributed by atoms with Crippen molar-refractivity contribution in [3.05, 3.63) is 28.1 Å². The van der Waals surface area contributed by atoms with Gasteiger partial charge in [0.05, 0.1) is 16.8 Å². The largest absolute Gasteiger partial charge is 0.380 e. The van der Waals surface area contributed by atoms with E-state index in [1.165, 1.54) is 15.8 Å². The first-order valence-electron chi connectivity index (χ1n) is 7.71. The molecular weight excluding hydrogens is 296 g/mol. The van der Waals surface area contributed by atoms with Gasteiger partial charge in [-0.25, -0.2) is 0 Å². The zero-order valence-electron chi connectivity index (χ0n) is 14.0. The minimum Gasteiger partial charge on any atom is -0.380 e. The SMILES string of the molecule is CCOCCn1c(=NC(=O)C(C)C)sc2cc(C)cc(C)c21. The Morgan fingerprint density at radius 3 is 2.73 bits per heavy atom. The van der Waals surface area contributed by atoms with Crippen LogP contribution in [-0.4, -0.2) is 23.7 Å². The number of fused-ring (bicyclic) bond motifs is 1. The van der Waals surface area contributed by atoms with Crippen molar-refractivity contribution >= 4 is 27.5 Å². The summed E-state index contributed by atoms with van der Waals surface area (Å²) in [6.07, 6.45) is 0. The number of benzene rings is 1. The standard InChI is InChI=1S/C17H24N2O2S/c1-6-21-8-7-19-15-13(5)9-12(4)10-14(15)22-17(19)18-16(20)11(2)3/h9-11H,6-8H2,1-5H3. The molecule has 0 atom stereocenters. The Hall–Kier alpha value is -1.46. The third kappa shape index (κ3) is 3.65. The number of carbonyl (C=O) groups is 1. The predicted molar refractivity (Wildman–Crippen MR) is 91.2 cm³/mol. The minimum absolute atomic E-state index is 0.0777. The molecular formula is C17H24N2O2S. The molecule has 2 aromatic rings. The maximum atomic E-state index is 12.0. The quantitative estimate of drug-likeness (QED) is 0.792. The normalized spacial score (nSPS) is 12.5.